The SMILES string of the molecule is Cc1ccc(NC(=O)CC2CNCCO2)c(C)n1. The van der Waals surface area contributed by atoms with Gasteiger partial charge in [0.1, 0.15) is 0 Å². The third kappa shape index (κ3) is 3.51. The largest absolute Gasteiger partial charge is 0.375 e. The molecular formula is C13H19N3O2. The number of morpholine rings is 1. The van der Waals surface area contributed by atoms with E-state index in [1.54, 1.807) is 0 Å². The quantitative estimate of drug-likeness (QED) is 0.839. The van der Waals surface area contributed by atoms with Crippen LogP contribution in [0.15, 0.2) is 12.1 Å². The van der Waals surface area contributed by atoms with E-state index in [1.165, 1.54) is 0 Å². The van der Waals surface area contributed by atoms with Gasteiger partial charge in [0.25, 0.3) is 0 Å². The summed E-state index contributed by atoms with van der Waals surface area (Å²) in [5.41, 5.74) is 2.56. The molecule has 1 amide bonds. The van der Waals surface area contributed by atoms with Crippen molar-refractivity contribution < 1.29 is 9.53 Å². The first-order chi connectivity index (χ1) is 8.65. The number of hydrogen-bond acceptors (Lipinski definition) is 4. The van der Waals surface area contributed by atoms with Crippen molar-refractivity contribution >= 4 is 11.6 Å². The molecule has 18 heavy (non-hydrogen) atoms. The van der Waals surface area contributed by atoms with Gasteiger partial charge in [-0.25, -0.2) is 0 Å². The Labute approximate surface area is 107 Å². The second kappa shape index (κ2) is 5.93. The molecule has 0 spiro atoms. The van der Waals surface area contributed by atoms with Gasteiger partial charge < -0.3 is 15.4 Å². The summed E-state index contributed by atoms with van der Waals surface area (Å²) in [6, 6.07) is 3.77. The molecule has 0 radical (unpaired) electrons. The Morgan fingerprint density at radius 3 is 3.06 bits per heavy atom. The van der Waals surface area contributed by atoms with Crippen LogP contribution in [0.4, 0.5) is 5.69 Å². The van der Waals surface area contributed by atoms with Gasteiger partial charge in [-0.2, -0.15) is 0 Å². The molecule has 0 bridgehead atoms. The molecule has 2 heterocycles. The third-order valence-corrected chi connectivity index (χ3v) is 2.92. The van der Waals surface area contributed by atoms with E-state index in [9.17, 15) is 4.79 Å². The van der Waals surface area contributed by atoms with E-state index < -0.39 is 0 Å². The Morgan fingerprint density at radius 2 is 2.39 bits per heavy atom. The zero-order valence-electron chi connectivity index (χ0n) is 10.8. The summed E-state index contributed by atoms with van der Waals surface area (Å²) >= 11 is 0. The molecule has 98 valence electrons. The first kappa shape index (κ1) is 13.0. The number of amides is 1. The molecule has 0 aromatic carbocycles. The zero-order valence-corrected chi connectivity index (χ0v) is 10.8. The van der Waals surface area contributed by atoms with Crippen molar-refractivity contribution in [3.05, 3.63) is 23.5 Å². The second-order valence-corrected chi connectivity index (χ2v) is 4.53. The number of carbonyl (C=O) groups excluding carboxylic acids is 1. The number of nitrogens with zero attached hydrogens (tertiary/aromatic N) is 1. The van der Waals surface area contributed by atoms with Crippen molar-refractivity contribution in [1.82, 2.24) is 10.3 Å². The molecule has 1 aromatic rings. The molecule has 2 rings (SSSR count). The minimum absolute atomic E-state index is 0.0301. The van der Waals surface area contributed by atoms with Gasteiger partial charge in [0.15, 0.2) is 0 Å². The molecule has 1 fully saturated rings. The van der Waals surface area contributed by atoms with Gasteiger partial charge in [0.05, 0.1) is 30.5 Å². The summed E-state index contributed by atoms with van der Waals surface area (Å²) < 4.78 is 5.50. The van der Waals surface area contributed by atoms with E-state index in [-0.39, 0.29) is 12.0 Å². The molecule has 1 unspecified atom stereocenters. The Hall–Kier alpha value is -1.46. The number of nitrogens with one attached hydrogen (secondary N) is 2. The molecule has 5 nitrogen and oxygen atoms in total. The number of aromatic nitrogens is 1. The van der Waals surface area contributed by atoms with Crippen LogP contribution in [0.1, 0.15) is 17.8 Å². The summed E-state index contributed by atoms with van der Waals surface area (Å²) in [5.74, 6) is -0.0301. The lowest BCUT2D eigenvalue weighted by atomic mass is 10.2. The highest BCUT2D eigenvalue weighted by molar-refractivity contribution is 5.91. The molecule has 0 saturated carbocycles. The van der Waals surface area contributed by atoms with E-state index in [4.69, 9.17) is 4.74 Å². The predicted molar refractivity (Wildman–Crippen MR) is 69.6 cm³/mol. The molecule has 2 N–H and O–H groups in total. The fraction of sp³-hybridized carbons (Fsp3) is 0.538. The van der Waals surface area contributed by atoms with E-state index in [2.05, 4.69) is 15.6 Å². The maximum absolute atomic E-state index is 11.9. The van der Waals surface area contributed by atoms with Crippen LogP contribution in [0, 0.1) is 13.8 Å². The van der Waals surface area contributed by atoms with Crippen molar-refractivity contribution in [2.24, 2.45) is 0 Å². The molecule has 5 heteroatoms. The van der Waals surface area contributed by atoms with Crippen LogP contribution in [0.5, 0.6) is 0 Å². The first-order valence-electron chi connectivity index (χ1n) is 6.21. The Bertz CT molecular complexity index is 428. The minimum Gasteiger partial charge on any atom is -0.375 e. The van der Waals surface area contributed by atoms with Crippen LogP contribution >= 0.6 is 0 Å². The van der Waals surface area contributed by atoms with Gasteiger partial charge >= 0.3 is 0 Å². The van der Waals surface area contributed by atoms with Crippen LogP contribution in [-0.2, 0) is 9.53 Å². The van der Waals surface area contributed by atoms with Gasteiger partial charge in [-0.05, 0) is 26.0 Å². The lowest BCUT2D eigenvalue weighted by Gasteiger charge is -2.23. The monoisotopic (exact) mass is 249 g/mol. The number of carbonyl (C=O) groups is 1. The fourth-order valence-corrected chi connectivity index (χ4v) is 1.98. The van der Waals surface area contributed by atoms with E-state index in [0.717, 1.165) is 30.2 Å². The third-order valence-electron chi connectivity index (χ3n) is 2.92. The van der Waals surface area contributed by atoms with Crippen molar-refractivity contribution in [2.45, 2.75) is 26.4 Å². The molecule has 1 aliphatic rings. The van der Waals surface area contributed by atoms with Gasteiger partial charge in [0, 0.05) is 18.8 Å². The number of rotatable bonds is 3. The standard InChI is InChI=1S/C13H19N3O2/c1-9-3-4-12(10(2)15-9)16-13(17)7-11-8-14-5-6-18-11/h3-4,11,14H,5-8H2,1-2H3,(H,16,17). The van der Waals surface area contributed by atoms with Gasteiger partial charge in [0.2, 0.25) is 5.91 Å². The Kier molecular flexibility index (Phi) is 4.28. The Morgan fingerprint density at radius 1 is 1.56 bits per heavy atom. The van der Waals surface area contributed by atoms with E-state index in [0.29, 0.717) is 13.0 Å². The predicted octanol–water partition coefficient (Wildman–Crippen LogP) is 1.02. The van der Waals surface area contributed by atoms with Gasteiger partial charge in [-0.15, -0.1) is 0 Å². The first-order valence-corrected chi connectivity index (χ1v) is 6.21. The van der Waals surface area contributed by atoms with Crippen LogP contribution in [0.25, 0.3) is 0 Å². The lowest BCUT2D eigenvalue weighted by Crippen LogP contribution is -2.40. The number of hydrogen-bond donors (Lipinski definition) is 2. The maximum Gasteiger partial charge on any atom is 0.227 e. The van der Waals surface area contributed by atoms with Crippen molar-refractivity contribution in [3.63, 3.8) is 0 Å². The van der Waals surface area contributed by atoms with Crippen LogP contribution in [0.3, 0.4) is 0 Å². The molecule has 1 aromatic heterocycles. The zero-order chi connectivity index (χ0) is 13.0. The number of ether oxygens (including phenoxy) is 1. The molecule has 1 atom stereocenters. The number of anilines is 1. The Balaban J connectivity index is 1.90. The maximum atomic E-state index is 11.9. The van der Waals surface area contributed by atoms with Crippen molar-refractivity contribution in [3.8, 4) is 0 Å². The highest BCUT2D eigenvalue weighted by Crippen LogP contribution is 2.13. The average molecular weight is 249 g/mol. The molecular weight excluding hydrogens is 230 g/mol. The van der Waals surface area contributed by atoms with Crippen molar-refractivity contribution in [2.75, 3.05) is 25.0 Å². The van der Waals surface area contributed by atoms with E-state index >= 15 is 0 Å². The minimum atomic E-state index is -0.0301. The van der Waals surface area contributed by atoms with Crippen LogP contribution in [0.2, 0.25) is 0 Å². The van der Waals surface area contributed by atoms with Gasteiger partial charge in [-0.3, -0.25) is 9.78 Å². The molecule has 1 saturated heterocycles. The van der Waals surface area contributed by atoms with Crippen molar-refractivity contribution in [1.29, 1.82) is 0 Å². The summed E-state index contributed by atoms with van der Waals surface area (Å²) in [5, 5.41) is 6.08. The molecule has 1 aliphatic heterocycles. The normalized spacial score (nSPS) is 19.6. The average Bonchev–Trinajstić information content (AvgIpc) is 2.34. The van der Waals surface area contributed by atoms with Gasteiger partial charge in [-0.1, -0.05) is 0 Å². The summed E-state index contributed by atoms with van der Waals surface area (Å²) in [4.78, 5) is 16.2. The molecule has 0 aliphatic carbocycles. The summed E-state index contributed by atoms with van der Waals surface area (Å²) in [6.45, 7) is 6.09. The highest BCUT2D eigenvalue weighted by atomic mass is 16.5. The topological polar surface area (TPSA) is 63.2 Å². The van der Waals surface area contributed by atoms with E-state index in [1.807, 2.05) is 26.0 Å². The lowest BCUT2D eigenvalue weighted by molar-refractivity contribution is -0.119. The second-order valence-electron chi connectivity index (χ2n) is 4.53. The highest BCUT2D eigenvalue weighted by Gasteiger charge is 2.17. The van der Waals surface area contributed by atoms with Crippen LogP contribution < -0.4 is 10.6 Å². The number of pyridine rings is 1. The van der Waals surface area contributed by atoms with Crippen LogP contribution in [-0.4, -0.2) is 36.7 Å². The summed E-state index contributed by atoms with van der Waals surface area (Å²) in [6.07, 6.45) is 0.345. The summed E-state index contributed by atoms with van der Waals surface area (Å²) in [7, 11) is 0. The fourth-order valence-electron chi connectivity index (χ4n) is 1.98. The number of aryl methyl sites for hydroxylation is 2. The smallest absolute Gasteiger partial charge is 0.227 e.